The zero-order valence-electron chi connectivity index (χ0n) is 14.4. The minimum atomic E-state index is 0.0909. The van der Waals surface area contributed by atoms with Crippen molar-refractivity contribution in [3.05, 3.63) is 57.3 Å². The predicted octanol–water partition coefficient (Wildman–Crippen LogP) is 3.63. The zero-order valence-corrected chi connectivity index (χ0v) is 15.2. The van der Waals surface area contributed by atoms with E-state index in [-0.39, 0.29) is 17.9 Å². The van der Waals surface area contributed by atoms with Gasteiger partial charge in [-0.3, -0.25) is 9.59 Å². The fraction of sp³-hybridized carbons (Fsp3) is 0.400. The molecule has 4 nitrogen and oxygen atoms in total. The second kappa shape index (κ2) is 6.64. The third-order valence-corrected chi connectivity index (χ3v) is 6.28. The zero-order chi connectivity index (χ0) is 17.4. The smallest absolute Gasteiger partial charge is 0.254 e. The van der Waals surface area contributed by atoms with E-state index >= 15 is 0 Å². The van der Waals surface area contributed by atoms with Crippen LogP contribution in [0.4, 0.5) is 0 Å². The molecule has 1 aromatic carbocycles. The lowest BCUT2D eigenvalue weighted by molar-refractivity contribution is -0.128. The fourth-order valence-corrected chi connectivity index (χ4v) is 4.76. The van der Waals surface area contributed by atoms with Gasteiger partial charge >= 0.3 is 0 Å². The number of thiophene rings is 1. The normalized spacial score (nSPS) is 20.0. The van der Waals surface area contributed by atoms with Crippen molar-refractivity contribution < 1.29 is 9.59 Å². The van der Waals surface area contributed by atoms with E-state index in [9.17, 15) is 9.59 Å². The van der Waals surface area contributed by atoms with Crippen molar-refractivity contribution in [3.63, 3.8) is 0 Å². The Balaban J connectivity index is 1.47. The standard InChI is InChI=1S/C20H22N2O2S/c1-14-17-9-12-25-18(17)8-11-22(14)20(24)16-6-4-15(5-7-16)13-21-10-2-3-19(21)23/h4-7,9,12,14H,2-3,8,10-11,13H2,1H3/t14-/m1/s1. The summed E-state index contributed by atoms with van der Waals surface area (Å²) in [6.45, 7) is 4.37. The number of hydrogen-bond acceptors (Lipinski definition) is 3. The molecule has 0 aliphatic carbocycles. The average Bonchev–Trinajstić information content (AvgIpc) is 3.25. The molecule has 25 heavy (non-hydrogen) atoms. The van der Waals surface area contributed by atoms with Crippen LogP contribution in [0.1, 0.15) is 52.2 Å². The SMILES string of the molecule is C[C@@H]1c2ccsc2CCN1C(=O)c1ccc(CN2CCCC2=O)cc1. The molecule has 0 radical (unpaired) electrons. The third kappa shape index (κ3) is 3.09. The van der Waals surface area contributed by atoms with Crippen LogP contribution in [0.3, 0.4) is 0 Å². The molecule has 2 aromatic rings. The summed E-state index contributed by atoms with van der Waals surface area (Å²) in [5.74, 6) is 0.321. The molecule has 5 heteroatoms. The van der Waals surface area contributed by atoms with Gasteiger partial charge in [0.05, 0.1) is 6.04 Å². The fourth-order valence-electron chi connectivity index (χ4n) is 3.80. The lowest BCUT2D eigenvalue weighted by Crippen LogP contribution is -2.38. The Hall–Kier alpha value is -2.14. The molecule has 130 valence electrons. The molecule has 2 aliphatic heterocycles. The number of carbonyl (C=O) groups excluding carboxylic acids is 2. The summed E-state index contributed by atoms with van der Waals surface area (Å²) in [7, 11) is 0. The van der Waals surface area contributed by atoms with E-state index in [0.29, 0.717) is 13.0 Å². The number of fused-ring (bicyclic) bond motifs is 1. The second-order valence-electron chi connectivity index (χ2n) is 6.84. The Bertz CT molecular complexity index is 796. The van der Waals surface area contributed by atoms with Crippen LogP contribution in [0.15, 0.2) is 35.7 Å². The molecular formula is C20H22N2O2S. The van der Waals surface area contributed by atoms with E-state index in [1.165, 1.54) is 10.4 Å². The van der Waals surface area contributed by atoms with Crippen molar-refractivity contribution in [2.45, 2.75) is 38.8 Å². The van der Waals surface area contributed by atoms with Crippen LogP contribution in [0.5, 0.6) is 0 Å². The van der Waals surface area contributed by atoms with Gasteiger partial charge in [-0.1, -0.05) is 12.1 Å². The Morgan fingerprint density at radius 3 is 2.68 bits per heavy atom. The van der Waals surface area contributed by atoms with Gasteiger partial charge in [-0.15, -0.1) is 11.3 Å². The van der Waals surface area contributed by atoms with Gasteiger partial charge in [0.25, 0.3) is 5.91 Å². The van der Waals surface area contributed by atoms with Crippen LogP contribution in [-0.2, 0) is 17.8 Å². The summed E-state index contributed by atoms with van der Waals surface area (Å²) >= 11 is 1.79. The molecule has 1 fully saturated rings. The van der Waals surface area contributed by atoms with Crippen molar-refractivity contribution in [1.29, 1.82) is 0 Å². The molecule has 2 aliphatic rings. The van der Waals surface area contributed by atoms with Gasteiger partial charge in [-0.25, -0.2) is 0 Å². The van der Waals surface area contributed by atoms with E-state index in [1.807, 2.05) is 34.1 Å². The van der Waals surface area contributed by atoms with Crippen LogP contribution in [0.2, 0.25) is 0 Å². The molecule has 0 spiro atoms. The first kappa shape index (κ1) is 16.3. The summed E-state index contributed by atoms with van der Waals surface area (Å²) in [4.78, 5) is 29.9. The summed E-state index contributed by atoms with van der Waals surface area (Å²) in [5.41, 5.74) is 3.09. The third-order valence-electron chi connectivity index (χ3n) is 5.28. The van der Waals surface area contributed by atoms with Gasteiger partial charge < -0.3 is 9.80 Å². The minimum absolute atomic E-state index is 0.0909. The van der Waals surface area contributed by atoms with Crippen molar-refractivity contribution >= 4 is 23.2 Å². The Morgan fingerprint density at radius 2 is 1.96 bits per heavy atom. The van der Waals surface area contributed by atoms with E-state index in [1.54, 1.807) is 11.3 Å². The first-order valence-corrected chi connectivity index (χ1v) is 9.75. The van der Waals surface area contributed by atoms with Gasteiger partial charge in [0.1, 0.15) is 0 Å². The molecular weight excluding hydrogens is 332 g/mol. The number of carbonyl (C=O) groups is 2. The van der Waals surface area contributed by atoms with Crippen LogP contribution in [0, 0.1) is 0 Å². The summed E-state index contributed by atoms with van der Waals surface area (Å²) < 4.78 is 0. The number of benzene rings is 1. The van der Waals surface area contributed by atoms with E-state index in [2.05, 4.69) is 18.4 Å². The van der Waals surface area contributed by atoms with E-state index < -0.39 is 0 Å². The number of rotatable bonds is 3. The highest BCUT2D eigenvalue weighted by atomic mass is 32.1. The molecule has 0 unspecified atom stereocenters. The molecule has 1 aromatic heterocycles. The molecule has 0 saturated carbocycles. The molecule has 2 amide bonds. The van der Waals surface area contributed by atoms with Gasteiger partial charge in [0.15, 0.2) is 0 Å². The molecule has 4 rings (SSSR count). The number of nitrogens with zero attached hydrogens (tertiary/aromatic N) is 2. The van der Waals surface area contributed by atoms with E-state index in [0.717, 1.165) is 37.1 Å². The van der Waals surface area contributed by atoms with Crippen LogP contribution in [0.25, 0.3) is 0 Å². The monoisotopic (exact) mass is 354 g/mol. The van der Waals surface area contributed by atoms with Crippen molar-refractivity contribution in [2.75, 3.05) is 13.1 Å². The van der Waals surface area contributed by atoms with Crippen LogP contribution in [-0.4, -0.2) is 34.7 Å². The maximum atomic E-state index is 12.9. The maximum absolute atomic E-state index is 12.9. The van der Waals surface area contributed by atoms with Crippen molar-refractivity contribution in [3.8, 4) is 0 Å². The number of amides is 2. The topological polar surface area (TPSA) is 40.6 Å². The maximum Gasteiger partial charge on any atom is 0.254 e. The molecule has 0 N–H and O–H groups in total. The average molecular weight is 354 g/mol. The van der Waals surface area contributed by atoms with Crippen LogP contribution < -0.4 is 0 Å². The largest absolute Gasteiger partial charge is 0.338 e. The number of likely N-dealkylation sites (tertiary alicyclic amines) is 1. The van der Waals surface area contributed by atoms with Gasteiger partial charge in [-0.2, -0.15) is 0 Å². The summed E-state index contributed by atoms with van der Waals surface area (Å²) in [6, 6.07) is 10.0. The highest BCUT2D eigenvalue weighted by molar-refractivity contribution is 7.10. The van der Waals surface area contributed by atoms with Gasteiger partial charge in [0, 0.05) is 36.5 Å². The first-order valence-electron chi connectivity index (χ1n) is 8.87. The highest BCUT2D eigenvalue weighted by Gasteiger charge is 2.29. The predicted molar refractivity (Wildman–Crippen MR) is 98.6 cm³/mol. The quantitative estimate of drug-likeness (QED) is 0.844. The second-order valence-corrected chi connectivity index (χ2v) is 7.84. The molecule has 1 saturated heterocycles. The lowest BCUT2D eigenvalue weighted by atomic mass is 10.00. The molecule has 0 bridgehead atoms. The van der Waals surface area contributed by atoms with Gasteiger partial charge in [0.2, 0.25) is 5.91 Å². The minimum Gasteiger partial charge on any atom is -0.338 e. The molecule has 1 atom stereocenters. The van der Waals surface area contributed by atoms with Crippen LogP contribution >= 0.6 is 11.3 Å². The molecule has 3 heterocycles. The van der Waals surface area contributed by atoms with Crippen molar-refractivity contribution in [2.24, 2.45) is 0 Å². The Morgan fingerprint density at radius 1 is 1.16 bits per heavy atom. The van der Waals surface area contributed by atoms with Crippen molar-refractivity contribution in [1.82, 2.24) is 9.80 Å². The number of hydrogen-bond donors (Lipinski definition) is 0. The first-order chi connectivity index (χ1) is 12.1. The Kier molecular flexibility index (Phi) is 4.34. The highest BCUT2D eigenvalue weighted by Crippen LogP contribution is 2.33. The summed E-state index contributed by atoms with van der Waals surface area (Å²) in [5, 5.41) is 2.11. The van der Waals surface area contributed by atoms with Gasteiger partial charge in [-0.05, 0) is 54.5 Å². The summed E-state index contributed by atoms with van der Waals surface area (Å²) in [6.07, 6.45) is 2.55. The Labute approximate surface area is 152 Å². The lowest BCUT2D eigenvalue weighted by Gasteiger charge is -2.33. The van der Waals surface area contributed by atoms with E-state index in [4.69, 9.17) is 0 Å².